The van der Waals surface area contributed by atoms with Gasteiger partial charge in [0.15, 0.2) is 0 Å². The number of piperidine rings is 1. The summed E-state index contributed by atoms with van der Waals surface area (Å²) in [6.45, 7) is 3.84. The Morgan fingerprint density at radius 1 is 0.742 bits per heavy atom. The molecular formula is C46H55F4N7O5. The fraction of sp³-hybridized carbons (Fsp3) is 0.587. The highest BCUT2D eigenvalue weighted by atomic mass is 19.3. The van der Waals surface area contributed by atoms with Crippen LogP contribution in [0.5, 0.6) is 0 Å². The fourth-order valence-corrected chi connectivity index (χ4v) is 9.43. The number of hydrogen-bond donors (Lipinski definition) is 4. The second-order valence-electron chi connectivity index (χ2n) is 18.3. The zero-order valence-corrected chi connectivity index (χ0v) is 35.3. The van der Waals surface area contributed by atoms with Crippen molar-refractivity contribution in [1.29, 1.82) is 5.26 Å². The van der Waals surface area contributed by atoms with Crippen molar-refractivity contribution in [1.82, 2.24) is 31.1 Å². The molecule has 2 aromatic carbocycles. The summed E-state index contributed by atoms with van der Waals surface area (Å²) in [7, 11) is 0. The fourth-order valence-electron chi connectivity index (χ4n) is 9.43. The zero-order valence-electron chi connectivity index (χ0n) is 35.3. The molecule has 2 saturated carbocycles. The molecule has 2 saturated heterocycles. The van der Waals surface area contributed by atoms with Crippen LogP contribution >= 0.6 is 0 Å². The molecule has 332 valence electrons. The topological polar surface area (TPSA) is 156 Å². The number of hydrogen-bond acceptors (Lipinski definition) is 6. The van der Waals surface area contributed by atoms with Crippen LogP contribution in [-0.2, 0) is 38.4 Å². The number of likely N-dealkylation sites (tertiary alicyclic amines) is 2. The van der Waals surface area contributed by atoms with E-state index in [1.807, 2.05) is 36.4 Å². The van der Waals surface area contributed by atoms with Crippen molar-refractivity contribution in [3.63, 3.8) is 0 Å². The number of benzene rings is 2. The molecule has 6 amide bonds. The van der Waals surface area contributed by atoms with Crippen LogP contribution in [0.2, 0.25) is 0 Å². The summed E-state index contributed by atoms with van der Waals surface area (Å²) < 4.78 is 61.0. The Kier molecular flexibility index (Phi) is 12.3. The lowest BCUT2D eigenvalue weighted by molar-refractivity contribution is -0.126. The average molecular weight is 862 g/mol. The van der Waals surface area contributed by atoms with E-state index in [0.717, 1.165) is 50.7 Å². The van der Waals surface area contributed by atoms with Gasteiger partial charge in [-0.3, -0.25) is 9.59 Å². The smallest absolute Gasteiger partial charge is 0.318 e. The number of nitriles is 1. The predicted molar refractivity (Wildman–Crippen MR) is 221 cm³/mol. The largest absolute Gasteiger partial charge is 0.365 e. The number of amides is 6. The van der Waals surface area contributed by atoms with Gasteiger partial charge in [-0.05, 0) is 100 Å². The average Bonchev–Trinajstić information content (AvgIpc) is 4.12. The number of fused-ring (bicyclic) bond motifs is 4. The number of nitrogens with zero attached hydrogens (tertiary/aromatic N) is 3. The van der Waals surface area contributed by atoms with Gasteiger partial charge in [0.2, 0.25) is 23.7 Å². The first-order valence-electron chi connectivity index (χ1n) is 21.5. The van der Waals surface area contributed by atoms with E-state index in [1.54, 1.807) is 9.80 Å². The number of nitrogens with one attached hydrogen (secondary N) is 4. The lowest BCUT2D eigenvalue weighted by Gasteiger charge is -2.39. The molecule has 3 heterocycles. The van der Waals surface area contributed by atoms with Gasteiger partial charge in [0, 0.05) is 44.4 Å². The molecule has 0 radical (unpaired) electrons. The molecule has 3 atom stereocenters. The molecule has 6 aliphatic rings. The van der Waals surface area contributed by atoms with Crippen molar-refractivity contribution in [2.45, 2.75) is 144 Å². The summed E-state index contributed by atoms with van der Waals surface area (Å²) in [5.41, 5.74) is 2.62. The molecular weight excluding hydrogens is 807 g/mol. The Balaban J connectivity index is 0.000000186. The molecule has 0 bridgehead atoms. The van der Waals surface area contributed by atoms with Crippen LogP contribution in [0.25, 0.3) is 0 Å². The lowest BCUT2D eigenvalue weighted by atomic mass is 9.69. The molecule has 1 unspecified atom stereocenters. The van der Waals surface area contributed by atoms with Gasteiger partial charge in [-0.25, -0.2) is 27.2 Å². The number of aryl methyl sites for hydroxylation is 1. The maximum absolute atomic E-state index is 13.7. The third-order valence-electron chi connectivity index (χ3n) is 13.3. The summed E-state index contributed by atoms with van der Waals surface area (Å²) >= 11 is 0. The monoisotopic (exact) mass is 861 g/mol. The van der Waals surface area contributed by atoms with Gasteiger partial charge in [-0.2, -0.15) is 5.26 Å². The second-order valence-corrected chi connectivity index (χ2v) is 18.3. The first-order chi connectivity index (χ1) is 29.3. The van der Waals surface area contributed by atoms with Crippen LogP contribution in [0, 0.1) is 23.7 Å². The molecule has 2 spiro atoms. The first-order valence-corrected chi connectivity index (χ1v) is 21.5. The maximum Gasteiger partial charge on any atom is 0.318 e. The third kappa shape index (κ3) is 10.1. The van der Waals surface area contributed by atoms with Gasteiger partial charge >= 0.3 is 12.1 Å². The van der Waals surface area contributed by atoms with E-state index in [-0.39, 0.29) is 5.41 Å². The van der Waals surface area contributed by atoms with E-state index in [1.165, 1.54) is 11.1 Å². The molecule has 0 aromatic heterocycles. The lowest BCUT2D eigenvalue weighted by Crippen LogP contribution is -2.56. The highest BCUT2D eigenvalue weighted by molar-refractivity contribution is 5.89. The summed E-state index contributed by atoms with van der Waals surface area (Å²) in [5, 5.41) is 19.4. The molecule has 3 aliphatic heterocycles. The van der Waals surface area contributed by atoms with Crippen molar-refractivity contribution >= 4 is 23.9 Å². The van der Waals surface area contributed by atoms with Crippen LogP contribution in [0.15, 0.2) is 48.5 Å². The number of terminal acetylenes is 1. The number of rotatable bonds is 10. The molecule has 62 heavy (non-hydrogen) atoms. The van der Waals surface area contributed by atoms with E-state index in [9.17, 15) is 42.0 Å². The number of alkyl halides is 4. The second kappa shape index (κ2) is 17.1. The van der Waals surface area contributed by atoms with Crippen LogP contribution in [0.4, 0.5) is 27.2 Å². The number of ether oxygens (including phenoxy) is 1. The van der Waals surface area contributed by atoms with E-state index in [0.29, 0.717) is 71.3 Å². The van der Waals surface area contributed by atoms with Gasteiger partial charge in [0.1, 0.15) is 23.2 Å². The van der Waals surface area contributed by atoms with E-state index >= 15 is 0 Å². The standard InChI is InChI=1S/C23H28F2N4O2.C23H27F2N3O3/c1-21(24,25)13-18(19(30)28-23(14-26)9-10-23)27-20(31)29-12-11-22(15-29)8-4-6-16-5-2-3-7-17(16)22;1-3-22(8-9-22)27-19(29)18(14-21(2,24)25)26-20(30)28-12-10-23(11-13-28)17-7-5-4-6-16(17)15-31-23/h2-3,5,7,18H,4,6,8-13,15H2,1H3,(H,27,31)(H,28,30);1,4-7,18H,8-15H2,2H3,(H,26,30)(H,27,29)/t18-,22?;18-/m00/s1. The highest BCUT2D eigenvalue weighted by Crippen LogP contribution is 2.45. The zero-order chi connectivity index (χ0) is 44.6. The molecule has 4 fully saturated rings. The Bertz CT molecular complexity index is 2130. The molecule has 16 heteroatoms. The minimum absolute atomic E-state index is 0.114. The van der Waals surface area contributed by atoms with Crippen molar-refractivity contribution in [2.75, 3.05) is 26.2 Å². The van der Waals surface area contributed by atoms with E-state index in [2.05, 4.69) is 45.4 Å². The summed E-state index contributed by atoms with van der Waals surface area (Å²) in [4.78, 5) is 54.2. The third-order valence-corrected chi connectivity index (χ3v) is 13.3. The van der Waals surface area contributed by atoms with E-state index in [4.69, 9.17) is 11.2 Å². The minimum atomic E-state index is -3.13. The SMILES string of the molecule is C#CC1(NC(=O)[C@H](CC(C)(F)F)NC(=O)N2CCC3(CC2)OCc2ccccc23)CC1.CC(F)(F)C[C@H](NC(=O)N1CCC2(CCCc3ccccc32)C1)C(=O)NC1(C#N)CC1. The van der Waals surface area contributed by atoms with Gasteiger partial charge in [0.25, 0.3) is 0 Å². The Morgan fingerprint density at radius 2 is 1.26 bits per heavy atom. The normalized spacial score (nSPS) is 23.2. The molecule has 12 nitrogen and oxygen atoms in total. The van der Waals surface area contributed by atoms with E-state index < -0.39 is 77.3 Å². The summed E-state index contributed by atoms with van der Waals surface area (Å²) in [5.74, 6) is -5.16. The molecule has 2 aromatic rings. The van der Waals surface area contributed by atoms with Crippen LogP contribution < -0.4 is 21.3 Å². The Labute approximate surface area is 359 Å². The highest BCUT2D eigenvalue weighted by Gasteiger charge is 2.49. The van der Waals surface area contributed by atoms with Crippen molar-refractivity contribution in [3.05, 3.63) is 70.8 Å². The number of carbonyl (C=O) groups excluding carboxylic acids is 4. The van der Waals surface area contributed by atoms with Crippen LogP contribution in [0.1, 0.15) is 107 Å². The van der Waals surface area contributed by atoms with Gasteiger partial charge in [0.05, 0.1) is 18.3 Å². The summed E-state index contributed by atoms with van der Waals surface area (Å²) in [6.07, 6.45) is 11.1. The Morgan fingerprint density at radius 3 is 1.81 bits per heavy atom. The first kappa shape index (κ1) is 44.7. The maximum atomic E-state index is 13.7. The number of urea groups is 2. The molecule has 4 N–H and O–H groups in total. The number of halogens is 4. The summed E-state index contributed by atoms with van der Waals surface area (Å²) in [6, 6.07) is 14.6. The van der Waals surface area contributed by atoms with Gasteiger partial charge in [-0.15, -0.1) is 6.42 Å². The molecule has 8 rings (SSSR count). The van der Waals surface area contributed by atoms with Gasteiger partial charge < -0.3 is 35.8 Å². The van der Waals surface area contributed by atoms with Gasteiger partial charge in [-0.1, -0.05) is 54.5 Å². The number of carbonyl (C=O) groups is 4. The van der Waals surface area contributed by atoms with Crippen molar-refractivity contribution < 1.29 is 41.5 Å². The van der Waals surface area contributed by atoms with Crippen molar-refractivity contribution in [2.24, 2.45) is 0 Å². The quantitative estimate of drug-likeness (QED) is 0.165. The van der Waals surface area contributed by atoms with Crippen LogP contribution in [0.3, 0.4) is 0 Å². The van der Waals surface area contributed by atoms with Crippen LogP contribution in [-0.4, -0.2) is 94.9 Å². The predicted octanol–water partition coefficient (Wildman–Crippen LogP) is 6.18. The van der Waals surface area contributed by atoms with Crippen molar-refractivity contribution in [3.8, 4) is 18.4 Å². The minimum Gasteiger partial charge on any atom is -0.365 e. The molecule has 3 aliphatic carbocycles. The Hall–Kier alpha value is -5.35.